The minimum atomic E-state index is -3.84. The van der Waals surface area contributed by atoms with Crippen LogP contribution in [0.15, 0.2) is 45.4 Å². The Hall–Kier alpha value is -1.88. The maximum atomic E-state index is 15.6. The van der Waals surface area contributed by atoms with Crippen molar-refractivity contribution in [3.8, 4) is 11.4 Å². The third kappa shape index (κ3) is 3.49. The number of thiophene rings is 1. The normalized spacial score (nSPS) is 21.4. The average Bonchev–Trinajstić information content (AvgIpc) is 3.32. The number of alkyl halides is 1. The van der Waals surface area contributed by atoms with Crippen LogP contribution in [0.1, 0.15) is 18.7 Å². The van der Waals surface area contributed by atoms with Crippen molar-refractivity contribution in [3.63, 3.8) is 0 Å². The van der Waals surface area contributed by atoms with Crippen molar-refractivity contribution < 1.29 is 17.3 Å². The van der Waals surface area contributed by atoms with Crippen LogP contribution < -0.4 is 0 Å². The number of hydrogen-bond acceptors (Lipinski definition) is 7. The third-order valence-corrected chi connectivity index (χ3v) is 7.82. The maximum Gasteiger partial charge on any atom is 0.266 e. The number of sulfonamides is 1. The summed E-state index contributed by atoms with van der Waals surface area (Å²) in [6.07, 6.45) is 3.57. The summed E-state index contributed by atoms with van der Waals surface area (Å²) >= 11 is 6.78. The molecule has 7 nitrogen and oxygen atoms in total. The summed E-state index contributed by atoms with van der Waals surface area (Å²) in [5.41, 5.74) is -1.47. The lowest BCUT2D eigenvalue weighted by Crippen LogP contribution is -2.46. The highest BCUT2D eigenvalue weighted by Gasteiger charge is 2.46. The molecule has 0 saturated carbocycles. The van der Waals surface area contributed by atoms with Gasteiger partial charge in [0.1, 0.15) is 4.21 Å². The average molecular weight is 429 g/mol. The van der Waals surface area contributed by atoms with Crippen LogP contribution >= 0.6 is 22.9 Å². The smallest absolute Gasteiger partial charge is 0.266 e. The topological polar surface area (TPSA) is 89.2 Å². The Labute approximate surface area is 163 Å². The van der Waals surface area contributed by atoms with E-state index in [1.165, 1.54) is 18.3 Å². The fourth-order valence-electron chi connectivity index (χ4n) is 2.93. The second-order valence-electron chi connectivity index (χ2n) is 6.13. The van der Waals surface area contributed by atoms with Crippen molar-refractivity contribution in [1.29, 1.82) is 0 Å². The number of aromatic nitrogens is 3. The van der Waals surface area contributed by atoms with Gasteiger partial charge >= 0.3 is 0 Å². The largest absolute Gasteiger partial charge is 0.335 e. The second kappa shape index (κ2) is 6.93. The minimum Gasteiger partial charge on any atom is -0.335 e. The molecule has 1 aliphatic heterocycles. The van der Waals surface area contributed by atoms with E-state index < -0.39 is 15.7 Å². The summed E-state index contributed by atoms with van der Waals surface area (Å²) in [6, 6.07) is 6.36. The molecule has 0 aromatic carbocycles. The predicted molar refractivity (Wildman–Crippen MR) is 97.6 cm³/mol. The molecule has 0 bridgehead atoms. The zero-order valence-corrected chi connectivity index (χ0v) is 16.3. The first-order valence-corrected chi connectivity index (χ1v) is 10.7. The Bertz CT molecular complexity index is 1060. The van der Waals surface area contributed by atoms with Crippen molar-refractivity contribution in [3.05, 3.63) is 46.9 Å². The van der Waals surface area contributed by atoms with Crippen molar-refractivity contribution in [1.82, 2.24) is 19.4 Å². The monoisotopic (exact) mass is 428 g/mol. The van der Waals surface area contributed by atoms with Crippen LogP contribution in [-0.4, -0.2) is 40.9 Å². The van der Waals surface area contributed by atoms with Gasteiger partial charge < -0.3 is 4.52 Å². The number of pyridine rings is 1. The minimum absolute atomic E-state index is 0.0818. The molecule has 142 valence electrons. The van der Waals surface area contributed by atoms with E-state index in [1.54, 1.807) is 18.3 Å². The first-order chi connectivity index (χ1) is 12.9. The van der Waals surface area contributed by atoms with E-state index in [-0.39, 0.29) is 35.4 Å². The number of hydrogen-bond donors (Lipinski definition) is 0. The molecule has 3 aromatic heterocycles. The fraction of sp³-hybridized carbons (Fsp3) is 0.312. The van der Waals surface area contributed by atoms with Crippen LogP contribution in [0.5, 0.6) is 0 Å². The first kappa shape index (κ1) is 18.5. The van der Waals surface area contributed by atoms with Gasteiger partial charge in [-0.25, -0.2) is 12.8 Å². The summed E-state index contributed by atoms with van der Waals surface area (Å²) in [5.74, 6) is -0.0226. The molecule has 4 rings (SSSR count). The van der Waals surface area contributed by atoms with Crippen LogP contribution in [0, 0.1) is 0 Å². The zero-order valence-electron chi connectivity index (χ0n) is 13.9. The summed E-state index contributed by atoms with van der Waals surface area (Å²) in [4.78, 5) is 8.10. The predicted octanol–water partition coefficient (Wildman–Crippen LogP) is 3.50. The summed E-state index contributed by atoms with van der Waals surface area (Å²) < 4.78 is 47.8. The molecular weight excluding hydrogens is 415 g/mol. The van der Waals surface area contributed by atoms with Crippen LogP contribution in [0.25, 0.3) is 11.4 Å². The number of nitrogens with zero attached hydrogens (tertiary/aromatic N) is 4. The summed E-state index contributed by atoms with van der Waals surface area (Å²) in [6.45, 7) is -0.174. The van der Waals surface area contributed by atoms with Crippen LogP contribution in [0.4, 0.5) is 4.39 Å². The molecule has 0 radical (unpaired) electrons. The van der Waals surface area contributed by atoms with Gasteiger partial charge in [-0.1, -0.05) is 16.8 Å². The molecule has 1 atom stereocenters. The molecule has 1 fully saturated rings. The molecule has 1 saturated heterocycles. The van der Waals surface area contributed by atoms with E-state index in [0.717, 1.165) is 15.6 Å². The standard InChI is InChI=1S/C16H14ClFN4O3S2/c17-12-4-5-13(26-12)27(23,24)22-8-2-6-16(18,10-22)15-20-14(21-25-15)11-3-1-7-19-9-11/h1,3-5,7,9H,2,6,8,10H2. The molecule has 0 spiro atoms. The van der Waals surface area contributed by atoms with Gasteiger partial charge in [0.05, 0.1) is 10.9 Å². The Kier molecular flexibility index (Phi) is 4.75. The van der Waals surface area contributed by atoms with E-state index in [9.17, 15) is 8.42 Å². The Balaban J connectivity index is 1.61. The van der Waals surface area contributed by atoms with Gasteiger partial charge in [0.25, 0.3) is 15.9 Å². The van der Waals surface area contributed by atoms with Crippen LogP contribution in [0.3, 0.4) is 0 Å². The highest BCUT2D eigenvalue weighted by molar-refractivity contribution is 7.91. The van der Waals surface area contributed by atoms with Crippen LogP contribution in [-0.2, 0) is 15.7 Å². The van der Waals surface area contributed by atoms with Crippen molar-refractivity contribution in [2.75, 3.05) is 13.1 Å². The third-order valence-electron chi connectivity index (χ3n) is 4.28. The Morgan fingerprint density at radius 3 is 2.89 bits per heavy atom. The Morgan fingerprint density at radius 2 is 2.19 bits per heavy atom. The quantitative estimate of drug-likeness (QED) is 0.631. The number of halogens is 2. The summed E-state index contributed by atoms with van der Waals surface area (Å²) in [5, 5.41) is 3.81. The fourth-order valence-corrected chi connectivity index (χ4v) is 6.09. The molecule has 27 heavy (non-hydrogen) atoms. The lowest BCUT2D eigenvalue weighted by molar-refractivity contribution is 0.0471. The van der Waals surface area contributed by atoms with Crippen molar-refractivity contribution >= 4 is 33.0 Å². The van der Waals surface area contributed by atoms with Gasteiger partial charge in [-0.15, -0.1) is 11.3 Å². The van der Waals surface area contributed by atoms with Gasteiger partial charge in [-0.3, -0.25) is 4.98 Å². The lowest BCUT2D eigenvalue weighted by atomic mass is 9.96. The molecule has 1 aliphatic rings. The molecule has 0 amide bonds. The van der Waals surface area contributed by atoms with Gasteiger partial charge in [-0.2, -0.15) is 9.29 Å². The molecule has 3 aromatic rings. The lowest BCUT2D eigenvalue weighted by Gasteiger charge is -2.33. The molecule has 0 N–H and O–H groups in total. The van der Waals surface area contributed by atoms with Gasteiger partial charge in [0.2, 0.25) is 11.5 Å². The van der Waals surface area contributed by atoms with E-state index in [4.69, 9.17) is 16.1 Å². The zero-order chi connectivity index (χ0) is 19.1. The molecule has 11 heteroatoms. The molecular formula is C16H14ClFN4O3S2. The number of piperidine rings is 1. The van der Waals surface area contributed by atoms with E-state index >= 15 is 4.39 Å². The van der Waals surface area contributed by atoms with E-state index in [2.05, 4.69) is 15.1 Å². The highest BCUT2D eigenvalue weighted by Crippen LogP contribution is 2.38. The van der Waals surface area contributed by atoms with Crippen LogP contribution in [0.2, 0.25) is 4.34 Å². The van der Waals surface area contributed by atoms with Gasteiger partial charge in [0, 0.05) is 24.5 Å². The maximum absolute atomic E-state index is 15.6. The van der Waals surface area contributed by atoms with E-state index in [1.807, 2.05) is 0 Å². The highest BCUT2D eigenvalue weighted by atomic mass is 35.5. The van der Waals surface area contributed by atoms with E-state index in [0.29, 0.717) is 16.3 Å². The Morgan fingerprint density at radius 1 is 1.33 bits per heavy atom. The molecule has 1 unspecified atom stereocenters. The van der Waals surface area contributed by atoms with Gasteiger partial charge in [0.15, 0.2) is 0 Å². The SMILES string of the molecule is O=S(=O)(c1ccc(Cl)s1)N1CCCC(F)(c2nc(-c3cccnc3)no2)C1. The first-order valence-electron chi connectivity index (χ1n) is 8.07. The molecule has 0 aliphatic carbocycles. The molecule has 4 heterocycles. The van der Waals surface area contributed by atoms with Crippen molar-refractivity contribution in [2.45, 2.75) is 22.7 Å². The second-order valence-corrected chi connectivity index (χ2v) is 10.0. The number of rotatable bonds is 4. The summed E-state index contributed by atoms with van der Waals surface area (Å²) in [7, 11) is -3.84. The van der Waals surface area contributed by atoms with Gasteiger partial charge in [-0.05, 0) is 37.1 Å². The van der Waals surface area contributed by atoms with Crippen molar-refractivity contribution in [2.24, 2.45) is 0 Å².